The average molecular weight is 263 g/mol. The largest absolute Gasteiger partial charge is 0.490 e. The van der Waals surface area contributed by atoms with Crippen molar-refractivity contribution in [1.29, 1.82) is 0 Å². The highest BCUT2D eigenvalue weighted by Crippen LogP contribution is 2.40. The van der Waals surface area contributed by atoms with E-state index in [4.69, 9.17) is 15.6 Å². The molecule has 0 aliphatic rings. The standard InChI is InChI=1S/C12H16F3NO2/c1-2-10(16)8-4-3-5-9(12(13,14)15)11(8)18-7-6-17/h3-5,10,17H,2,6-7,16H2,1H3. The Bertz CT molecular complexity index is 393. The van der Waals surface area contributed by atoms with Crippen molar-refractivity contribution in [3.05, 3.63) is 29.3 Å². The van der Waals surface area contributed by atoms with Crippen LogP contribution in [-0.2, 0) is 6.18 Å². The number of nitrogens with two attached hydrogens (primary N) is 1. The maximum absolute atomic E-state index is 12.8. The van der Waals surface area contributed by atoms with Crippen molar-refractivity contribution in [3.63, 3.8) is 0 Å². The normalized spacial score (nSPS) is 13.4. The van der Waals surface area contributed by atoms with Crippen molar-refractivity contribution in [1.82, 2.24) is 0 Å². The molecule has 1 rings (SSSR count). The molecule has 0 bridgehead atoms. The minimum atomic E-state index is -4.51. The second kappa shape index (κ2) is 6.06. The molecule has 1 aromatic carbocycles. The van der Waals surface area contributed by atoms with Gasteiger partial charge in [-0.05, 0) is 12.5 Å². The highest BCUT2D eigenvalue weighted by atomic mass is 19.4. The smallest absolute Gasteiger partial charge is 0.419 e. The molecule has 1 unspecified atom stereocenters. The molecule has 0 aliphatic carbocycles. The molecule has 102 valence electrons. The first-order chi connectivity index (χ1) is 8.41. The maximum Gasteiger partial charge on any atom is 0.419 e. The molecule has 3 nitrogen and oxygen atoms in total. The van der Waals surface area contributed by atoms with Gasteiger partial charge in [-0.25, -0.2) is 0 Å². The number of ether oxygens (including phenoxy) is 1. The van der Waals surface area contributed by atoms with Gasteiger partial charge in [0.15, 0.2) is 0 Å². The molecule has 3 N–H and O–H groups in total. The van der Waals surface area contributed by atoms with E-state index in [1.165, 1.54) is 12.1 Å². The molecule has 1 atom stereocenters. The average Bonchev–Trinajstić information content (AvgIpc) is 2.33. The van der Waals surface area contributed by atoms with Gasteiger partial charge < -0.3 is 15.6 Å². The number of hydrogen-bond acceptors (Lipinski definition) is 3. The van der Waals surface area contributed by atoms with E-state index in [0.29, 0.717) is 12.0 Å². The lowest BCUT2D eigenvalue weighted by atomic mass is 10.0. The Hall–Kier alpha value is -1.27. The fraction of sp³-hybridized carbons (Fsp3) is 0.500. The highest BCUT2D eigenvalue weighted by molar-refractivity contribution is 5.44. The molecule has 0 fully saturated rings. The number of aliphatic hydroxyl groups is 1. The van der Waals surface area contributed by atoms with E-state index < -0.39 is 17.8 Å². The minimum Gasteiger partial charge on any atom is -0.490 e. The van der Waals surface area contributed by atoms with E-state index in [2.05, 4.69) is 0 Å². The Morgan fingerprint density at radius 2 is 2.06 bits per heavy atom. The van der Waals surface area contributed by atoms with Gasteiger partial charge in [-0.1, -0.05) is 19.1 Å². The highest BCUT2D eigenvalue weighted by Gasteiger charge is 2.35. The second-order valence-electron chi connectivity index (χ2n) is 3.81. The van der Waals surface area contributed by atoms with Crippen molar-refractivity contribution in [2.45, 2.75) is 25.6 Å². The predicted molar refractivity (Wildman–Crippen MR) is 61.2 cm³/mol. The quantitative estimate of drug-likeness (QED) is 0.858. The summed E-state index contributed by atoms with van der Waals surface area (Å²) in [7, 11) is 0. The Balaban J connectivity index is 3.25. The van der Waals surface area contributed by atoms with E-state index in [1.807, 2.05) is 0 Å². The van der Waals surface area contributed by atoms with Gasteiger partial charge >= 0.3 is 6.18 Å². The van der Waals surface area contributed by atoms with Crippen molar-refractivity contribution in [2.24, 2.45) is 5.73 Å². The zero-order valence-electron chi connectivity index (χ0n) is 10.00. The summed E-state index contributed by atoms with van der Waals surface area (Å²) in [6, 6.07) is 3.23. The molecule has 0 radical (unpaired) electrons. The fourth-order valence-electron chi connectivity index (χ4n) is 1.60. The molecule has 0 aromatic heterocycles. The van der Waals surface area contributed by atoms with E-state index in [-0.39, 0.29) is 19.0 Å². The first-order valence-electron chi connectivity index (χ1n) is 5.61. The van der Waals surface area contributed by atoms with Gasteiger partial charge in [0.1, 0.15) is 12.4 Å². The lowest BCUT2D eigenvalue weighted by Gasteiger charge is -2.20. The molecule has 0 amide bonds. The molecule has 18 heavy (non-hydrogen) atoms. The zero-order valence-corrected chi connectivity index (χ0v) is 10.00. The third kappa shape index (κ3) is 3.36. The number of hydrogen-bond donors (Lipinski definition) is 2. The summed E-state index contributed by atoms with van der Waals surface area (Å²) < 4.78 is 43.5. The second-order valence-corrected chi connectivity index (χ2v) is 3.81. The van der Waals surface area contributed by atoms with Gasteiger partial charge in [0.2, 0.25) is 0 Å². The van der Waals surface area contributed by atoms with Crippen molar-refractivity contribution < 1.29 is 23.0 Å². The number of benzene rings is 1. The van der Waals surface area contributed by atoms with Crippen LogP contribution >= 0.6 is 0 Å². The summed E-state index contributed by atoms with van der Waals surface area (Å²) in [6.45, 7) is 1.23. The van der Waals surface area contributed by atoms with Crippen LogP contribution in [-0.4, -0.2) is 18.3 Å². The summed E-state index contributed by atoms with van der Waals surface area (Å²) in [5.74, 6) is -0.284. The van der Waals surface area contributed by atoms with Crippen LogP contribution in [0.15, 0.2) is 18.2 Å². The molecular weight excluding hydrogens is 247 g/mol. The van der Waals surface area contributed by atoms with Crippen molar-refractivity contribution in [3.8, 4) is 5.75 Å². The van der Waals surface area contributed by atoms with Crippen LogP contribution < -0.4 is 10.5 Å². The molecule has 0 aliphatic heterocycles. The van der Waals surface area contributed by atoms with Gasteiger partial charge in [0.25, 0.3) is 0 Å². The molecule has 0 heterocycles. The number of para-hydroxylation sites is 1. The van der Waals surface area contributed by atoms with Gasteiger partial charge in [-0.3, -0.25) is 0 Å². The minimum absolute atomic E-state index is 0.198. The summed E-state index contributed by atoms with van der Waals surface area (Å²) >= 11 is 0. The lowest BCUT2D eigenvalue weighted by Crippen LogP contribution is -2.16. The molecular formula is C12H16F3NO2. The Kier molecular flexibility index (Phi) is 4.98. The van der Waals surface area contributed by atoms with E-state index in [1.54, 1.807) is 6.92 Å². The molecule has 6 heteroatoms. The monoisotopic (exact) mass is 263 g/mol. The van der Waals surface area contributed by atoms with Crippen molar-refractivity contribution >= 4 is 0 Å². The van der Waals surface area contributed by atoms with Crippen molar-refractivity contribution in [2.75, 3.05) is 13.2 Å². The third-order valence-electron chi connectivity index (χ3n) is 2.53. The maximum atomic E-state index is 12.8. The van der Waals surface area contributed by atoms with Gasteiger partial charge in [-0.15, -0.1) is 0 Å². The van der Waals surface area contributed by atoms with Crippen LogP contribution in [0.2, 0.25) is 0 Å². The number of alkyl halides is 3. The van der Waals surface area contributed by atoms with Crippen LogP contribution in [0, 0.1) is 0 Å². The summed E-state index contributed by atoms with van der Waals surface area (Å²) in [4.78, 5) is 0. The summed E-state index contributed by atoms with van der Waals surface area (Å²) in [5, 5.41) is 8.67. The molecule has 0 saturated heterocycles. The van der Waals surface area contributed by atoms with Gasteiger partial charge in [0, 0.05) is 11.6 Å². The first kappa shape index (κ1) is 14.8. The molecule has 0 spiro atoms. The lowest BCUT2D eigenvalue weighted by molar-refractivity contribution is -0.139. The predicted octanol–water partition coefficient (Wildman–Crippen LogP) is 2.49. The number of halogens is 3. The fourth-order valence-corrected chi connectivity index (χ4v) is 1.60. The van der Waals surface area contributed by atoms with Gasteiger partial charge in [0.05, 0.1) is 12.2 Å². The Labute approximate surface area is 103 Å². The molecule has 0 saturated carbocycles. The first-order valence-corrected chi connectivity index (χ1v) is 5.61. The molecule has 1 aromatic rings. The summed E-state index contributed by atoms with van der Waals surface area (Å²) in [6.07, 6.45) is -4.01. The number of aliphatic hydroxyl groups excluding tert-OH is 1. The van der Waals surface area contributed by atoms with E-state index in [0.717, 1.165) is 6.07 Å². The van der Waals surface area contributed by atoms with E-state index >= 15 is 0 Å². The Morgan fingerprint density at radius 3 is 2.56 bits per heavy atom. The van der Waals surface area contributed by atoms with Crippen LogP contribution in [0.25, 0.3) is 0 Å². The zero-order chi connectivity index (χ0) is 13.8. The third-order valence-corrected chi connectivity index (χ3v) is 2.53. The Morgan fingerprint density at radius 1 is 1.39 bits per heavy atom. The van der Waals surface area contributed by atoms with Crippen LogP contribution in [0.3, 0.4) is 0 Å². The SMILES string of the molecule is CCC(N)c1cccc(C(F)(F)F)c1OCCO. The topological polar surface area (TPSA) is 55.5 Å². The van der Waals surface area contributed by atoms with Crippen LogP contribution in [0.4, 0.5) is 13.2 Å². The summed E-state index contributed by atoms with van der Waals surface area (Å²) in [5.41, 5.74) is 5.21. The number of rotatable bonds is 5. The van der Waals surface area contributed by atoms with Crippen LogP contribution in [0.1, 0.15) is 30.5 Å². The van der Waals surface area contributed by atoms with E-state index in [9.17, 15) is 13.2 Å². The van der Waals surface area contributed by atoms with Crippen LogP contribution in [0.5, 0.6) is 5.75 Å². The van der Waals surface area contributed by atoms with Gasteiger partial charge in [-0.2, -0.15) is 13.2 Å².